The molecule has 1 atom stereocenters. The zero-order valence-corrected chi connectivity index (χ0v) is 15.6. The van der Waals surface area contributed by atoms with Crippen molar-refractivity contribution >= 4 is 0 Å². The van der Waals surface area contributed by atoms with E-state index < -0.39 is 0 Å². The Kier molecular flexibility index (Phi) is 5.39. The average molecular weight is 360 g/mol. The number of nitrogens with zero attached hydrogens (tertiary/aromatic N) is 4. The quantitative estimate of drug-likeness (QED) is 0.680. The van der Waals surface area contributed by atoms with Crippen LogP contribution in [0.1, 0.15) is 36.6 Å². The van der Waals surface area contributed by atoms with E-state index in [1.54, 1.807) is 7.11 Å². The highest BCUT2D eigenvalue weighted by atomic mass is 16.5. The van der Waals surface area contributed by atoms with Crippen molar-refractivity contribution in [1.29, 1.82) is 0 Å². The summed E-state index contributed by atoms with van der Waals surface area (Å²) in [4.78, 5) is 16.2. The van der Waals surface area contributed by atoms with Crippen molar-refractivity contribution < 1.29 is 4.74 Å². The Morgan fingerprint density at radius 2 is 1.81 bits per heavy atom. The van der Waals surface area contributed by atoms with Crippen molar-refractivity contribution in [3.8, 4) is 17.1 Å². The van der Waals surface area contributed by atoms with Gasteiger partial charge in [-0.25, -0.2) is 9.97 Å². The Morgan fingerprint density at radius 1 is 1.00 bits per heavy atom. The van der Waals surface area contributed by atoms with Crippen LogP contribution in [0.5, 0.6) is 5.75 Å². The Hall–Kier alpha value is -2.79. The third-order valence-electron chi connectivity index (χ3n) is 5.08. The maximum absolute atomic E-state index is 5.42. The molecule has 0 radical (unpaired) electrons. The van der Waals surface area contributed by atoms with Gasteiger partial charge in [0.1, 0.15) is 5.75 Å². The summed E-state index contributed by atoms with van der Waals surface area (Å²) in [6, 6.07) is 14.4. The van der Waals surface area contributed by atoms with Crippen LogP contribution in [0.2, 0.25) is 0 Å². The predicted molar refractivity (Wildman–Crippen MR) is 105 cm³/mol. The third-order valence-corrected chi connectivity index (χ3v) is 5.08. The van der Waals surface area contributed by atoms with Gasteiger partial charge >= 0.3 is 0 Å². The Morgan fingerprint density at radius 3 is 2.59 bits per heavy atom. The molecule has 0 amide bonds. The number of hydrogen-bond acceptors (Lipinski definition) is 5. The van der Waals surface area contributed by atoms with E-state index in [1.165, 1.54) is 12.8 Å². The molecule has 0 N–H and O–H groups in total. The zero-order valence-electron chi connectivity index (χ0n) is 15.6. The summed E-state index contributed by atoms with van der Waals surface area (Å²) in [5.74, 6) is 1.48. The van der Waals surface area contributed by atoms with Gasteiger partial charge < -0.3 is 4.74 Å². The monoisotopic (exact) mass is 360 g/mol. The van der Waals surface area contributed by atoms with Gasteiger partial charge in [-0.3, -0.25) is 9.88 Å². The van der Waals surface area contributed by atoms with E-state index in [-0.39, 0.29) is 0 Å². The highest BCUT2D eigenvalue weighted by Gasteiger charge is 2.25. The fourth-order valence-electron chi connectivity index (χ4n) is 3.73. The van der Waals surface area contributed by atoms with Crippen LogP contribution in [0.4, 0.5) is 0 Å². The number of piperidine rings is 1. The lowest BCUT2D eigenvalue weighted by Crippen LogP contribution is -2.33. The van der Waals surface area contributed by atoms with Gasteiger partial charge in [-0.15, -0.1) is 0 Å². The summed E-state index contributed by atoms with van der Waals surface area (Å²) in [7, 11) is 1.67. The second kappa shape index (κ2) is 8.27. The van der Waals surface area contributed by atoms with Gasteiger partial charge in [-0.2, -0.15) is 0 Å². The summed E-state index contributed by atoms with van der Waals surface area (Å²) in [5, 5.41) is 0. The highest BCUT2D eigenvalue weighted by molar-refractivity contribution is 5.63. The molecule has 1 aliphatic rings. The number of benzene rings is 1. The molecule has 0 bridgehead atoms. The summed E-state index contributed by atoms with van der Waals surface area (Å²) in [6.45, 7) is 1.92. The normalized spacial score (nSPS) is 17.6. The van der Waals surface area contributed by atoms with E-state index in [1.807, 2.05) is 48.9 Å². The average Bonchev–Trinajstić information content (AvgIpc) is 2.75. The van der Waals surface area contributed by atoms with Crippen molar-refractivity contribution in [3.63, 3.8) is 0 Å². The van der Waals surface area contributed by atoms with E-state index >= 15 is 0 Å². The predicted octanol–water partition coefficient (Wildman–Crippen LogP) is 4.27. The summed E-state index contributed by atoms with van der Waals surface area (Å²) >= 11 is 0. The molecule has 3 heterocycles. The molecule has 2 aromatic heterocycles. The molecule has 27 heavy (non-hydrogen) atoms. The first-order valence-electron chi connectivity index (χ1n) is 9.44. The van der Waals surface area contributed by atoms with Crippen LogP contribution in [0.3, 0.4) is 0 Å². The maximum Gasteiger partial charge on any atom is 0.162 e. The van der Waals surface area contributed by atoms with Gasteiger partial charge in [-0.1, -0.05) is 24.6 Å². The molecule has 5 nitrogen and oxygen atoms in total. The lowest BCUT2D eigenvalue weighted by atomic mass is 9.98. The molecule has 3 aromatic rings. The molecule has 4 rings (SSSR count). The number of rotatable bonds is 5. The first kappa shape index (κ1) is 17.6. The highest BCUT2D eigenvalue weighted by Crippen LogP contribution is 2.31. The summed E-state index contributed by atoms with van der Waals surface area (Å²) in [6.07, 6.45) is 9.37. The molecule has 1 fully saturated rings. The first-order valence-corrected chi connectivity index (χ1v) is 9.44. The van der Waals surface area contributed by atoms with Gasteiger partial charge in [0.2, 0.25) is 0 Å². The standard InChI is InChI=1S/C22H24N4O/c1-27-21-11-3-2-8-18(21)22-24-14-17(15-25-22)16-26-13-7-5-10-20(26)19-9-4-6-12-23-19/h2-4,6,8-9,11-12,14-15,20H,5,7,10,13,16H2,1H3/t20-/m0/s1. The van der Waals surface area contributed by atoms with Gasteiger partial charge in [0.15, 0.2) is 5.82 Å². The van der Waals surface area contributed by atoms with Crippen molar-refractivity contribution in [2.75, 3.05) is 13.7 Å². The van der Waals surface area contributed by atoms with Gasteiger partial charge in [-0.05, 0) is 43.7 Å². The first-order chi connectivity index (χ1) is 13.3. The van der Waals surface area contributed by atoms with E-state index in [0.717, 1.165) is 42.1 Å². The van der Waals surface area contributed by atoms with Crippen molar-refractivity contribution in [2.24, 2.45) is 0 Å². The Labute approximate surface area is 160 Å². The molecule has 1 aromatic carbocycles. The molecule has 1 saturated heterocycles. The van der Waals surface area contributed by atoms with Crippen molar-refractivity contribution in [2.45, 2.75) is 31.8 Å². The number of ether oxygens (including phenoxy) is 1. The van der Waals surface area contributed by atoms with E-state index in [0.29, 0.717) is 11.9 Å². The number of methoxy groups -OCH3 is 1. The maximum atomic E-state index is 5.42. The van der Waals surface area contributed by atoms with Gasteiger partial charge in [0, 0.05) is 30.7 Å². The minimum absolute atomic E-state index is 0.369. The molecular formula is C22H24N4O. The molecule has 5 heteroatoms. The van der Waals surface area contributed by atoms with Crippen LogP contribution in [-0.2, 0) is 6.54 Å². The van der Waals surface area contributed by atoms with E-state index in [2.05, 4.69) is 32.0 Å². The van der Waals surface area contributed by atoms with Crippen LogP contribution < -0.4 is 4.74 Å². The minimum Gasteiger partial charge on any atom is -0.496 e. The van der Waals surface area contributed by atoms with Crippen LogP contribution in [0, 0.1) is 0 Å². The summed E-state index contributed by atoms with van der Waals surface area (Å²) in [5.41, 5.74) is 3.19. The number of likely N-dealkylation sites (tertiary alicyclic amines) is 1. The third kappa shape index (κ3) is 3.98. The Bertz CT molecular complexity index is 867. The van der Waals surface area contributed by atoms with Crippen LogP contribution in [0.15, 0.2) is 61.1 Å². The number of para-hydroxylation sites is 1. The molecule has 0 saturated carbocycles. The second-order valence-corrected chi connectivity index (χ2v) is 6.85. The number of aromatic nitrogens is 3. The van der Waals surface area contributed by atoms with E-state index in [4.69, 9.17) is 4.74 Å². The fourth-order valence-corrected chi connectivity index (χ4v) is 3.73. The smallest absolute Gasteiger partial charge is 0.162 e. The van der Waals surface area contributed by atoms with Gasteiger partial charge in [0.05, 0.1) is 24.4 Å². The topological polar surface area (TPSA) is 51.1 Å². The van der Waals surface area contributed by atoms with Crippen LogP contribution >= 0.6 is 0 Å². The van der Waals surface area contributed by atoms with Crippen molar-refractivity contribution in [1.82, 2.24) is 19.9 Å². The van der Waals surface area contributed by atoms with Crippen LogP contribution in [-0.4, -0.2) is 33.5 Å². The van der Waals surface area contributed by atoms with E-state index in [9.17, 15) is 0 Å². The molecule has 0 aliphatic carbocycles. The summed E-state index contributed by atoms with van der Waals surface area (Å²) < 4.78 is 5.42. The number of hydrogen-bond donors (Lipinski definition) is 0. The molecule has 1 aliphatic heterocycles. The SMILES string of the molecule is COc1ccccc1-c1ncc(CN2CCCC[C@H]2c2ccccn2)cn1. The molecule has 0 spiro atoms. The lowest BCUT2D eigenvalue weighted by Gasteiger charge is -2.35. The molecule has 138 valence electrons. The molecular weight excluding hydrogens is 336 g/mol. The number of pyridine rings is 1. The zero-order chi connectivity index (χ0) is 18.5. The Balaban J connectivity index is 1.52. The minimum atomic E-state index is 0.369. The largest absolute Gasteiger partial charge is 0.496 e. The van der Waals surface area contributed by atoms with Gasteiger partial charge in [0.25, 0.3) is 0 Å². The van der Waals surface area contributed by atoms with Crippen LogP contribution in [0.25, 0.3) is 11.4 Å². The lowest BCUT2D eigenvalue weighted by molar-refractivity contribution is 0.137. The van der Waals surface area contributed by atoms with Crippen molar-refractivity contribution in [3.05, 3.63) is 72.3 Å². The second-order valence-electron chi connectivity index (χ2n) is 6.85. The molecule has 0 unspecified atom stereocenters. The fraction of sp³-hybridized carbons (Fsp3) is 0.318.